The first-order valence-electron chi connectivity index (χ1n) is 6.75. The molecule has 100 valence electrons. The highest BCUT2D eigenvalue weighted by atomic mass is 16.3. The van der Waals surface area contributed by atoms with Gasteiger partial charge in [0, 0.05) is 5.41 Å². The van der Waals surface area contributed by atoms with Gasteiger partial charge in [0.25, 0.3) is 0 Å². The third-order valence-electron chi connectivity index (χ3n) is 2.83. The van der Waals surface area contributed by atoms with Crippen molar-refractivity contribution in [1.82, 2.24) is 0 Å². The van der Waals surface area contributed by atoms with E-state index in [9.17, 15) is 5.11 Å². The first kappa shape index (κ1) is 16.5. The molecule has 0 heterocycles. The van der Waals surface area contributed by atoms with Gasteiger partial charge in [0.2, 0.25) is 0 Å². The van der Waals surface area contributed by atoms with Crippen molar-refractivity contribution < 1.29 is 5.11 Å². The minimum atomic E-state index is -0.248. The fraction of sp³-hybridized carbons (Fsp3) is 0.875. The van der Waals surface area contributed by atoms with Gasteiger partial charge in [-0.3, -0.25) is 0 Å². The molecular weight excluding hydrogens is 208 g/mol. The second kappa shape index (κ2) is 6.45. The van der Waals surface area contributed by atoms with E-state index in [1.807, 2.05) is 0 Å². The third-order valence-corrected chi connectivity index (χ3v) is 2.83. The SMILES string of the molecule is CC(C)CC(C)(C)C#CC(C)(CO)CC(C)C. The second-order valence-electron chi connectivity index (χ2n) is 7.05. The Labute approximate surface area is 108 Å². The van der Waals surface area contributed by atoms with Crippen molar-refractivity contribution in [2.45, 2.75) is 61.3 Å². The summed E-state index contributed by atoms with van der Waals surface area (Å²) >= 11 is 0. The highest BCUT2D eigenvalue weighted by Gasteiger charge is 2.23. The first-order chi connectivity index (χ1) is 7.60. The maximum atomic E-state index is 9.51. The zero-order valence-electron chi connectivity index (χ0n) is 12.7. The molecule has 1 nitrogen and oxygen atoms in total. The predicted molar refractivity (Wildman–Crippen MR) is 75.7 cm³/mol. The molecule has 1 heteroatoms. The number of aliphatic hydroxyl groups excluding tert-OH is 1. The van der Waals surface area contributed by atoms with Crippen LogP contribution < -0.4 is 0 Å². The van der Waals surface area contributed by atoms with Crippen molar-refractivity contribution in [2.24, 2.45) is 22.7 Å². The molecule has 0 fully saturated rings. The quantitative estimate of drug-likeness (QED) is 0.715. The van der Waals surface area contributed by atoms with Gasteiger partial charge in [-0.05, 0) is 45.4 Å². The van der Waals surface area contributed by atoms with Crippen LogP contribution in [0.4, 0.5) is 0 Å². The lowest BCUT2D eigenvalue weighted by Gasteiger charge is -2.25. The van der Waals surface area contributed by atoms with E-state index in [0.29, 0.717) is 11.8 Å². The van der Waals surface area contributed by atoms with Gasteiger partial charge in [0.1, 0.15) is 0 Å². The zero-order chi connectivity index (χ0) is 13.7. The molecule has 1 N–H and O–H groups in total. The maximum Gasteiger partial charge on any atom is 0.0594 e. The average Bonchev–Trinajstić information content (AvgIpc) is 2.12. The summed E-state index contributed by atoms with van der Waals surface area (Å²) in [6.45, 7) is 15.4. The second-order valence-corrected chi connectivity index (χ2v) is 7.05. The van der Waals surface area contributed by atoms with E-state index in [1.54, 1.807) is 0 Å². The molecule has 0 aliphatic carbocycles. The van der Waals surface area contributed by atoms with E-state index >= 15 is 0 Å². The molecule has 0 rings (SSSR count). The van der Waals surface area contributed by atoms with Crippen LogP contribution in [0.5, 0.6) is 0 Å². The van der Waals surface area contributed by atoms with Gasteiger partial charge in [-0.15, -0.1) is 0 Å². The summed E-state index contributed by atoms with van der Waals surface area (Å²) in [6, 6.07) is 0. The number of hydrogen-bond donors (Lipinski definition) is 1. The minimum Gasteiger partial charge on any atom is -0.395 e. The van der Waals surface area contributed by atoms with Crippen molar-refractivity contribution in [3.8, 4) is 11.8 Å². The van der Waals surface area contributed by atoms with Crippen molar-refractivity contribution in [3.05, 3.63) is 0 Å². The Morgan fingerprint density at radius 2 is 1.35 bits per heavy atom. The normalized spacial score (nSPS) is 15.6. The number of rotatable bonds is 5. The first-order valence-corrected chi connectivity index (χ1v) is 6.75. The molecular formula is C16H30O. The highest BCUT2D eigenvalue weighted by molar-refractivity contribution is 5.16. The van der Waals surface area contributed by atoms with Crippen LogP contribution in [-0.2, 0) is 0 Å². The Morgan fingerprint density at radius 1 is 0.882 bits per heavy atom. The Morgan fingerprint density at radius 3 is 1.71 bits per heavy atom. The molecule has 0 aliphatic heterocycles. The van der Waals surface area contributed by atoms with Gasteiger partial charge in [-0.1, -0.05) is 39.5 Å². The summed E-state index contributed by atoms with van der Waals surface area (Å²) in [6.07, 6.45) is 2.05. The molecule has 0 aromatic carbocycles. The minimum absolute atomic E-state index is 0.0432. The summed E-state index contributed by atoms with van der Waals surface area (Å²) in [5, 5.41) is 9.51. The largest absolute Gasteiger partial charge is 0.395 e. The van der Waals surface area contributed by atoms with Crippen LogP contribution in [0.3, 0.4) is 0 Å². The van der Waals surface area contributed by atoms with E-state index in [1.165, 1.54) is 0 Å². The fourth-order valence-electron chi connectivity index (χ4n) is 2.45. The molecule has 1 unspecified atom stereocenters. The molecule has 0 amide bonds. The van der Waals surface area contributed by atoms with Gasteiger partial charge in [0.15, 0.2) is 0 Å². The van der Waals surface area contributed by atoms with Gasteiger partial charge in [-0.2, -0.15) is 0 Å². The Balaban J connectivity index is 4.77. The van der Waals surface area contributed by atoms with Gasteiger partial charge >= 0.3 is 0 Å². The average molecular weight is 238 g/mol. The molecule has 0 aromatic rings. The molecule has 0 aromatic heterocycles. The summed E-state index contributed by atoms with van der Waals surface area (Å²) in [7, 11) is 0. The fourth-order valence-corrected chi connectivity index (χ4v) is 2.45. The van der Waals surface area contributed by atoms with E-state index in [2.05, 4.69) is 60.3 Å². The molecule has 0 bridgehead atoms. The lowest BCUT2D eigenvalue weighted by molar-refractivity contribution is 0.169. The molecule has 0 saturated heterocycles. The molecule has 0 aliphatic rings. The van der Waals surface area contributed by atoms with Crippen molar-refractivity contribution in [3.63, 3.8) is 0 Å². The van der Waals surface area contributed by atoms with Gasteiger partial charge in [0.05, 0.1) is 12.0 Å². The zero-order valence-corrected chi connectivity index (χ0v) is 12.7. The lowest BCUT2D eigenvalue weighted by Crippen LogP contribution is -2.23. The number of hydrogen-bond acceptors (Lipinski definition) is 1. The number of aliphatic hydroxyl groups is 1. The van der Waals surface area contributed by atoms with Crippen molar-refractivity contribution >= 4 is 0 Å². The smallest absolute Gasteiger partial charge is 0.0594 e. The maximum absolute atomic E-state index is 9.51. The summed E-state index contributed by atoms with van der Waals surface area (Å²) in [4.78, 5) is 0. The van der Waals surface area contributed by atoms with Gasteiger partial charge < -0.3 is 5.11 Å². The van der Waals surface area contributed by atoms with Crippen LogP contribution in [0.15, 0.2) is 0 Å². The Kier molecular flexibility index (Phi) is 6.27. The lowest BCUT2D eigenvalue weighted by atomic mass is 9.80. The van der Waals surface area contributed by atoms with E-state index in [0.717, 1.165) is 12.8 Å². The Hall–Kier alpha value is -0.480. The third kappa shape index (κ3) is 7.45. The summed E-state index contributed by atoms with van der Waals surface area (Å²) < 4.78 is 0. The standard InChI is InChI=1S/C16H30O/c1-13(2)10-15(5,6)8-9-16(7,12-17)11-14(3)4/h13-14,17H,10-12H2,1-7H3. The molecule has 1 atom stereocenters. The monoisotopic (exact) mass is 238 g/mol. The topological polar surface area (TPSA) is 20.2 Å². The van der Waals surface area contributed by atoms with Crippen LogP contribution in [0, 0.1) is 34.5 Å². The van der Waals surface area contributed by atoms with Crippen LogP contribution >= 0.6 is 0 Å². The molecule has 17 heavy (non-hydrogen) atoms. The predicted octanol–water partition coefficient (Wildman–Crippen LogP) is 4.11. The van der Waals surface area contributed by atoms with Crippen molar-refractivity contribution in [1.29, 1.82) is 0 Å². The Bertz CT molecular complexity index is 278. The van der Waals surface area contributed by atoms with Crippen LogP contribution in [0.2, 0.25) is 0 Å². The molecule has 0 radical (unpaired) electrons. The van der Waals surface area contributed by atoms with Crippen LogP contribution in [0.1, 0.15) is 61.3 Å². The highest BCUT2D eigenvalue weighted by Crippen LogP contribution is 2.28. The van der Waals surface area contributed by atoms with Crippen LogP contribution in [0.25, 0.3) is 0 Å². The van der Waals surface area contributed by atoms with Crippen LogP contribution in [-0.4, -0.2) is 11.7 Å². The van der Waals surface area contributed by atoms with Crippen molar-refractivity contribution in [2.75, 3.05) is 6.61 Å². The van der Waals surface area contributed by atoms with E-state index < -0.39 is 0 Å². The van der Waals surface area contributed by atoms with E-state index in [-0.39, 0.29) is 17.4 Å². The summed E-state index contributed by atoms with van der Waals surface area (Å²) in [5.41, 5.74) is -0.204. The molecule has 0 spiro atoms. The summed E-state index contributed by atoms with van der Waals surface area (Å²) in [5.74, 6) is 7.92. The van der Waals surface area contributed by atoms with E-state index in [4.69, 9.17) is 0 Å². The molecule has 0 saturated carbocycles. The van der Waals surface area contributed by atoms with Gasteiger partial charge in [-0.25, -0.2) is 0 Å².